The summed E-state index contributed by atoms with van der Waals surface area (Å²) in [6.07, 6.45) is -1.14. The maximum absolute atomic E-state index is 14.0. The fourth-order valence-corrected chi connectivity index (χ4v) is 3.18. The van der Waals surface area contributed by atoms with Gasteiger partial charge in [0, 0.05) is 25.8 Å². The van der Waals surface area contributed by atoms with Crippen molar-refractivity contribution in [2.45, 2.75) is 24.9 Å². The maximum atomic E-state index is 14.0. The van der Waals surface area contributed by atoms with Gasteiger partial charge in [0.15, 0.2) is 0 Å². The molecule has 9 heteroatoms. The highest BCUT2D eigenvalue weighted by atomic mass is 19.4. The van der Waals surface area contributed by atoms with E-state index in [4.69, 9.17) is 4.74 Å². The molecule has 1 amide bonds. The number of benzene rings is 1. The molecule has 0 bridgehead atoms. The Morgan fingerprint density at radius 3 is 2.60 bits per heavy atom. The average Bonchev–Trinajstić information content (AvgIpc) is 3.14. The van der Waals surface area contributed by atoms with Gasteiger partial charge in [-0.15, -0.1) is 5.10 Å². The van der Waals surface area contributed by atoms with E-state index in [0.29, 0.717) is 26.1 Å². The summed E-state index contributed by atoms with van der Waals surface area (Å²) in [5.41, 5.74) is -0.945. The molecule has 0 saturated carbocycles. The lowest BCUT2D eigenvalue weighted by Gasteiger charge is -2.28. The third-order valence-electron chi connectivity index (χ3n) is 4.28. The van der Waals surface area contributed by atoms with E-state index in [-0.39, 0.29) is 16.8 Å². The molecule has 6 nitrogen and oxygen atoms in total. The molecule has 1 aliphatic heterocycles. The molecule has 1 aromatic heterocycles. The van der Waals surface area contributed by atoms with Crippen LogP contribution in [0.25, 0.3) is 5.69 Å². The molecule has 25 heavy (non-hydrogen) atoms. The Hall–Kier alpha value is -2.42. The number of rotatable bonds is 3. The SMILES string of the molecule is CNC(=O)c1ccc(-n2ccnn2)c(C(F)(F)F)c1C1CCOCC1. The van der Waals surface area contributed by atoms with Gasteiger partial charge in [-0.25, -0.2) is 4.68 Å². The van der Waals surface area contributed by atoms with Crippen LogP contribution in [0.4, 0.5) is 13.2 Å². The number of carbonyl (C=O) groups excluding carboxylic acids is 1. The van der Waals surface area contributed by atoms with Crippen molar-refractivity contribution in [3.05, 3.63) is 41.2 Å². The number of aromatic nitrogens is 3. The lowest BCUT2D eigenvalue weighted by molar-refractivity contribution is -0.138. The van der Waals surface area contributed by atoms with Crippen LogP contribution >= 0.6 is 0 Å². The number of hydrogen-bond donors (Lipinski definition) is 1. The molecule has 2 aromatic rings. The van der Waals surface area contributed by atoms with E-state index in [2.05, 4.69) is 15.6 Å². The van der Waals surface area contributed by atoms with Gasteiger partial charge in [-0.1, -0.05) is 5.21 Å². The predicted molar refractivity (Wildman–Crippen MR) is 82.5 cm³/mol. The van der Waals surface area contributed by atoms with Crippen LogP contribution in [0.15, 0.2) is 24.5 Å². The third-order valence-corrected chi connectivity index (χ3v) is 4.28. The molecule has 1 saturated heterocycles. The summed E-state index contributed by atoms with van der Waals surface area (Å²) in [7, 11) is 1.40. The highest BCUT2D eigenvalue weighted by molar-refractivity contribution is 5.96. The molecular formula is C16H17F3N4O2. The number of ether oxygens (including phenoxy) is 1. The van der Waals surface area contributed by atoms with Crippen LogP contribution in [0, 0.1) is 0 Å². The zero-order chi connectivity index (χ0) is 18.0. The molecule has 134 valence electrons. The van der Waals surface area contributed by atoms with E-state index >= 15 is 0 Å². The number of amides is 1. The van der Waals surface area contributed by atoms with Crippen LogP contribution in [0.5, 0.6) is 0 Å². The highest BCUT2D eigenvalue weighted by Crippen LogP contribution is 2.43. The molecule has 0 unspecified atom stereocenters. The molecule has 1 aliphatic rings. The van der Waals surface area contributed by atoms with Gasteiger partial charge in [-0.2, -0.15) is 13.2 Å². The zero-order valence-electron chi connectivity index (χ0n) is 13.5. The Balaban J connectivity index is 2.28. The number of hydrogen-bond acceptors (Lipinski definition) is 4. The minimum atomic E-state index is -4.64. The quantitative estimate of drug-likeness (QED) is 0.920. The van der Waals surface area contributed by atoms with Crippen LogP contribution in [-0.4, -0.2) is 41.2 Å². The summed E-state index contributed by atoms with van der Waals surface area (Å²) < 4.78 is 48.3. The number of halogens is 3. The van der Waals surface area contributed by atoms with Crippen molar-refractivity contribution in [1.29, 1.82) is 0 Å². The molecule has 0 spiro atoms. The first-order valence-electron chi connectivity index (χ1n) is 7.84. The van der Waals surface area contributed by atoms with E-state index in [1.807, 2.05) is 0 Å². The third kappa shape index (κ3) is 3.37. The standard InChI is InChI=1S/C16H17F3N4O2/c1-20-15(24)11-2-3-12(23-7-6-21-22-23)14(16(17,18)19)13(11)10-4-8-25-9-5-10/h2-3,6-7,10H,4-5,8-9H2,1H3,(H,20,24). The summed E-state index contributed by atoms with van der Waals surface area (Å²) in [5, 5.41) is 9.69. The Kier molecular flexibility index (Phi) is 4.76. The summed E-state index contributed by atoms with van der Waals surface area (Å²) in [4.78, 5) is 12.2. The topological polar surface area (TPSA) is 69.0 Å². The molecule has 0 radical (unpaired) electrons. The molecule has 2 heterocycles. The van der Waals surface area contributed by atoms with E-state index in [1.54, 1.807) is 0 Å². The number of nitrogens with one attached hydrogen (secondary N) is 1. The molecule has 1 N–H and O–H groups in total. The summed E-state index contributed by atoms with van der Waals surface area (Å²) >= 11 is 0. The lowest BCUT2D eigenvalue weighted by Crippen LogP contribution is -2.27. The fourth-order valence-electron chi connectivity index (χ4n) is 3.18. The minimum absolute atomic E-state index is 0.00292. The first kappa shape index (κ1) is 17.4. The van der Waals surface area contributed by atoms with Crippen LogP contribution in [0.3, 0.4) is 0 Å². The van der Waals surface area contributed by atoms with Gasteiger partial charge < -0.3 is 10.1 Å². The van der Waals surface area contributed by atoms with Gasteiger partial charge in [0.1, 0.15) is 0 Å². The fraction of sp³-hybridized carbons (Fsp3) is 0.438. The Bertz CT molecular complexity index is 753. The molecular weight excluding hydrogens is 337 g/mol. The van der Waals surface area contributed by atoms with E-state index in [0.717, 1.165) is 4.68 Å². The monoisotopic (exact) mass is 354 g/mol. The lowest BCUT2D eigenvalue weighted by atomic mass is 9.83. The maximum Gasteiger partial charge on any atom is 0.418 e. The van der Waals surface area contributed by atoms with Gasteiger partial charge in [0.05, 0.1) is 23.6 Å². The molecule has 1 fully saturated rings. The summed E-state index contributed by atoms with van der Waals surface area (Å²) in [6.45, 7) is 0.728. The molecule has 0 atom stereocenters. The highest BCUT2D eigenvalue weighted by Gasteiger charge is 2.41. The number of nitrogens with zero attached hydrogens (tertiary/aromatic N) is 3. The molecule has 3 rings (SSSR count). The van der Waals surface area contributed by atoms with Crippen molar-refractivity contribution in [3.8, 4) is 5.69 Å². The van der Waals surface area contributed by atoms with Crippen molar-refractivity contribution in [2.24, 2.45) is 0 Å². The predicted octanol–water partition coefficient (Wildman–Crippen LogP) is 2.54. The van der Waals surface area contributed by atoms with E-state index in [1.165, 1.54) is 31.6 Å². The van der Waals surface area contributed by atoms with Crippen molar-refractivity contribution >= 4 is 5.91 Å². The van der Waals surface area contributed by atoms with E-state index < -0.39 is 23.6 Å². The average molecular weight is 354 g/mol. The second kappa shape index (κ2) is 6.83. The van der Waals surface area contributed by atoms with Crippen LogP contribution < -0.4 is 5.32 Å². The second-order valence-electron chi connectivity index (χ2n) is 5.73. The number of alkyl halides is 3. The minimum Gasteiger partial charge on any atom is -0.381 e. The van der Waals surface area contributed by atoms with Gasteiger partial charge >= 0.3 is 6.18 Å². The van der Waals surface area contributed by atoms with Gasteiger partial charge in [0.2, 0.25) is 0 Å². The first-order valence-corrected chi connectivity index (χ1v) is 7.84. The largest absolute Gasteiger partial charge is 0.418 e. The van der Waals surface area contributed by atoms with Gasteiger partial charge in [-0.05, 0) is 36.5 Å². The second-order valence-corrected chi connectivity index (χ2v) is 5.73. The summed E-state index contributed by atoms with van der Waals surface area (Å²) in [5.74, 6) is -0.960. The van der Waals surface area contributed by atoms with Crippen molar-refractivity contribution in [3.63, 3.8) is 0 Å². The van der Waals surface area contributed by atoms with Gasteiger partial charge in [0.25, 0.3) is 5.91 Å². The zero-order valence-corrected chi connectivity index (χ0v) is 13.5. The Morgan fingerprint density at radius 2 is 2.04 bits per heavy atom. The van der Waals surface area contributed by atoms with Crippen LogP contribution in [0.1, 0.15) is 40.2 Å². The Labute approximate surface area is 142 Å². The number of carbonyl (C=O) groups is 1. The van der Waals surface area contributed by atoms with Crippen LogP contribution in [-0.2, 0) is 10.9 Å². The summed E-state index contributed by atoms with van der Waals surface area (Å²) in [6, 6.07) is 2.67. The molecule has 1 aromatic carbocycles. The Morgan fingerprint density at radius 1 is 1.32 bits per heavy atom. The van der Waals surface area contributed by atoms with E-state index in [9.17, 15) is 18.0 Å². The first-order chi connectivity index (χ1) is 11.9. The smallest absolute Gasteiger partial charge is 0.381 e. The molecule has 0 aliphatic carbocycles. The van der Waals surface area contributed by atoms with Crippen molar-refractivity contribution in [1.82, 2.24) is 20.3 Å². The van der Waals surface area contributed by atoms with Crippen LogP contribution in [0.2, 0.25) is 0 Å². The van der Waals surface area contributed by atoms with Gasteiger partial charge in [-0.3, -0.25) is 4.79 Å². The van der Waals surface area contributed by atoms with Crippen molar-refractivity contribution < 1.29 is 22.7 Å². The van der Waals surface area contributed by atoms with Crippen molar-refractivity contribution in [2.75, 3.05) is 20.3 Å². The normalized spacial score (nSPS) is 16.0.